The van der Waals surface area contributed by atoms with Crippen LogP contribution in [0.25, 0.3) is 0 Å². The fourth-order valence-electron chi connectivity index (χ4n) is 2.08. The second-order valence-electron chi connectivity index (χ2n) is 5.21. The Hall–Kier alpha value is -1.76. The lowest BCUT2D eigenvalue weighted by molar-refractivity contribution is -0.127. The van der Waals surface area contributed by atoms with E-state index in [1.54, 1.807) is 32.2 Å². The highest BCUT2D eigenvalue weighted by Crippen LogP contribution is 2.24. The fourth-order valence-corrected chi connectivity index (χ4v) is 2.40. The lowest BCUT2D eigenvalue weighted by Gasteiger charge is -2.18. The molecule has 1 heterocycles. The van der Waals surface area contributed by atoms with Crippen molar-refractivity contribution in [2.75, 3.05) is 27.2 Å². The van der Waals surface area contributed by atoms with Crippen LogP contribution in [0.15, 0.2) is 29.5 Å². The molecule has 1 aliphatic rings. The highest BCUT2D eigenvalue weighted by molar-refractivity contribution is 6.42. The maximum absolute atomic E-state index is 12.3. The summed E-state index contributed by atoms with van der Waals surface area (Å²) in [5.41, 5.74) is 0.906. The molecule has 1 aromatic rings. The number of benzene rings is 1. The second kappa shape index (κ2) is 8.92. The molecule has 132 valence electrons. The summed E-state index contributed by atoms with van der Waals surface area (Å²) in [7, 11) is 3.12. The van der Waals surface area contributed by atoms with Crippen LogP contribution < -0.4 is 0 Å². The van der Waals surface area contributed by atoms with Crippen molar-refractivity contribution in [3.05, 3.63) is 45.1 Å². The molecule has 6 nitrogen and oxygen atoms in total. The summed E-state index contributed by atoms with van der Waals surface area (Å²) in [5, 5.41) is 18.1. The standard InChI is InChI=1S/C14H14Cl2N2O3.C2H6O/c1-17(6-8-3-4-10(15)11(16)5-8)13(20)9-7-18(2)14(21)12(9)19;1-2-3/h3-5,19H,6-7H2,1-2H3;3H,2H2,1H3. The van der Waals surface area contributed by atoms with Crippen LogP contribution in [-0.2, 0) is 16.1 Å². The van der Waals surface area contributed by atoms with Gasteiger partial charge in [0.15, 0.2) is 5.76 Å². The van der Waals surface area contributed by atoms with Crippen molar-refractivity contribution < 1.29 is 19.8 Å². The van der Waals surface area contributed by atoms with Gasteiger partial charge in [0, 0.05) is 27.2 Å². The summed E-state index contributed by atoms with van der Waals surface area (Å²) in [5.74, 6) is -1.42. The molecular weight excluding hydrogens is 355 g/mol. The average molecular weight is 375 g/mol. The summed E-state index contributed by atoms with van der Waals surface area (Å²) >= 11 is 11.8. The Bertz CT molecular complexity index is 661. The van der Waals surface area contributed by atoms with Gasteiger partial charge in [0.1, 0.15) is 0 Å². The van der Waals surface area contributed by atoms with E-state index in [1.807, 2.05) is 0 Å². The minimum absolute atomic E-state index is 0.102. The van der Waals surface area contributed by atoms with Gasteiger partial charge >= 0.3 is 0 Å². The SMILES string of the molecule is CCO.CN1CC(C(=O)N(C)Cc2ccc(Cl)c(Cl)c2)=C(O)C1=O. The minimum atomic E-state index is -0.540. The molecule has 0 radical (unpaired) electrons. The van der Waals surface area contributed by atoms with E-state index in [1.165, 1.54) is 16.8 Å². The Balaban J connectivity index is 0.000000891. The van der Waals surface area contributed by atoms with Crippen molar-refractivity contribution in [2.45, 2.75) is 13.5 Å². The predicted molar refractivity (Wildman–Crippen MR) is 93.0 cm³/mol. The van der Waals surface area contributed by atoms with Gasteiger partial charge in [-0.15, -0.1) is 0 Å². The number of carbonyl (C=O) groups is 2. The molecule has 0 fully saturated rings. The van der Waals surface area contributed by atoms with Gasteiger partial charge < -0.3 is 20.0 Å². The molecule has 0 bridgehead atoms. The number of carbonyl (C=O) groups excluding carboxylic acids is 2. The smallest absolute Gasteiger partial charge is 0.289 e. The highest BCUT2D eigenvalue weighted by Gasteiger charge is 2.32. The number of likely N-dealkylation sites (N-methyl/N-ethyl adjacent to an activating group) is 2. The minimum Gasteiger partial charge on any atom is -0.503 e. The van der Waals surface area contributed by atoms with Crippen LogP contribution in [0.5, 0.6) is 0 Å². The largest absolute Gasteiger partial charge is 0.503 e. The summed E-state index contributed by atoms with van der Waals surface area (Å²) < 4.78 is 0. The van der Waals surface area contributed by atoms with Crippen LogP contribution in [0.3, 0.4) is 0 Å². The topological polar surface area (TPSA) is 81.1 Å². The van der Waals surface area contributed by atoms with Crippen LogP contribution in [-0.4, -0.2) is 59.1 Å². The first-order valence-corrected chi connectivity index (χ1v) is 7.96. The van der Waals surface area contributed by atoms with Crippen molar-refractivity contribution in [3.63, 3.8) is 0 Å². The lowest BCUT2D eigenvalue weighted by Crippen LogP contribution is -2.30. The monoisotopic (exact) mass is 374 g/mol. The molecule has 0 saturated heterocycles. The lowest BCUT2D eigenvalue weighted by atomic mass is 10.2. The molecular formula is C16H20Cl2N2O4. The number of aliphatic hydroxyl groups is 2. The Morgan fingerprint density at radius 2 is 1.92 bits per heavy atom. The number of aliphatic hydroxyl groups excluding tert-OH is 2. The molecule has 0 unspecified atom stereocenters. The van der Waals surface area contributed by atoms with E-state index in [4.69, 9.17) is 28.3 Å². The number of halogens is 2. The zero-order valence-corrected chi connectivity index (χ0v) is 15.2. The summed E-state index contributed by atoms with van der Waals surface area (Å²) in [6.45, 7) is 2.33. The van der Waals surface area contributed by atoms with Gasteiger partial charge in [-0.2, -0.15) is 0 Å². The average Bonchev–Trinajstić information content (AvgIpc) is 2.78. The Kier molecular flexibility index (Phi) is 7.54. The third-order valence-corrected chi connectivity index (χ3v) is 3.98. The maximum Gasteiger partial charge on any atom is 0.289 e. The molecule has 8 heteroatoms. The zero-order chi connectivity index (χ0) is 18.4. The van der Waals surface area contributed by atoms with Gasteiger partial charge in [0.2, 0.25) is 0 Å². The molecule has 24 heavy (non-hydrogen) atoms. The molecule has 0 saturated carbocycles. The Labute approximate surface area is 150 Å². The van der Waals surface area contributed by atoms with Gasteiger partial charge in [-0.3, -0.25) is 9.59 Å². The first-order valence-electron chi connectivity index (χ1n) is 7.20. The van der Waals surface area contributed by atoms with Crippen LogP contribution in [0.2, 0.25) is 10.0 Å². The van der Waals surface area contributed by atoms with Gasteiger partial charge in [-0.1, -0.05) is 29.3 Å². The predicted octanol–water partition coefficient (Wildman–Crippen LogP) is 2.23. The van der Waals surface area contributed by atoms with Gasteiger partial charge in [0.25, 0.3) is 11.8 Å². The molecule has 2 N–H and O–H groups in total. The summed E-state index contributed by atoms with van der Waals surface area (Å²) in [6, 6.07) is 5.09. The number of hydrogen-bond donors (Lipinski definition) is 2. The second-order valence-corrected chi connectivity index (χ2v) is 6.03. The third kappa shape index (κ3) is 4.87. The molecule has 0 aliphatic carbocycles. The molecule has 2 rings (SSSR count). The van der Waals surface area contributed by atoms with Crippen LogP contribution in [0.4, 0.5) is 0 Å². The highest BCUT2D eigenvalue weighted by atomic mass is 35.5. The van der Waals surface area contributed by atoms with Gasteiger partial charge in [-0.05, 0) is 24.6 Å². The van der Waals surface area contributed by atoms with E-state index >= 15 is 0 Å². The number of rotatable bonds is 3. The van der Waals surface area contributed by atoms with Crippen molar-refractivity contribution in [2.24, 2.45) is 0 Å². The van der Waals surface area contributed by atoms with Crippen molar-refractivity contribution in [1.82, 2.24) is 9.80 Å². The van der Waals surface area contributed by atoms with Gasteiger partial charge in [0.05, 0.1) is 22.2 Å². The number of hydrogen-bond acceptors (Lipinski definition) is 4. The van der Waals surface area contributed by atoms with Crippen LogP contribution >= 0.6 is 23.2 Å². The zero-order valence-electron chi connectivity index (χ0n) is 13.7. The van der Waals surface area contributed by atoms with E-state index in [2.05, 4.69) is 0 Å². The van der Waals surface area contributed by atoms with E-state index in [0.717, 1.165) is 5.56 Å². The molecule has 1 aliphatic heterocycles. The summed E-state index contributed by atoms with van der Waals surface area (Å²) in [6.07, 6.45) is 0. The first-order chi connectivity index (χ1) is 11.2. The van der Waals surface area contributed by atoms with Gasteiger partial charge in [-0.25, -0.2) is 0 Å². The number of amides is 2. The van der Waals surface area contributed by atoms with E-state index in [9.17, 15) is 14.7 Å². The maximum atomic E-state index is 12.3. The summed E-state index contributed by atoms with van der Waals surface area (Å²) in [4.78, 5) is 26.5. The fraction of sp³-hybridized carbons (Fsp3) is 0.375. The molecule has 2 amide bonds. The van der Waals surface area contributed by atoms with E-state index in [0.29, 0.717) is 16.6 Å². The van der Waals surface area contributed by atoms with Crippen LogP contribution in [0, 0.1) is 0 Å². The normalized spacial score (nSPS) is 13.8. The van der Waals surface area contributed by atoms with E-state index < -0.39 is 17.6 Å². The Morgan fingerprint density at radius 1 is 1.33 bits per heavy atom. The molecule has 1 aromatic carbocycles. The Morgan fingerprint density at radius 3 is 2.38 bits per heavy atom. The molecule has 0 atom stereocenters. The molecule has 0 spiro atoms. The molecule has 0 aromatic heterocycles. The third-order valence-electron chi connectivity index (χ3n) is 3.24. The first kappa shape index (κ1) is 20.3. The number of nitrogens with zero attached hydrogens (tertiary/aromatic N) is 2. The van der Waals surface area contributed by atoms with Crippen molar-refractivity contribution in [3.8, 4) is 0 Å². The van der Waals surface area contributed by atoms with Crippen LogP contribution in [0.1, 0.15) is 12.5 Å². The van der Waals surface area contributed by atoms with Crippen molar-refractivity contribution in [1.29, 1.82) is 0 Å². The quantitative estimate of drug-likeness (QED) is 0.849. The van der Waals surface area contributed by atoms with E-state index in [-0.39, 0.29) is 18.7 Å². The van der Waals surface area contributed by atoms with Crippen molar-refractivity contribution >= 4 is 35.0 Å².